The summed E-state index contributed by atoms with van der Waals surface area (Å²) in [6, 6.07) is 12.6. The van der Waals surface area contributed by atoms with Crippen molar-refractivity contribution in [2.45, 2.75) is 44.9 Å². The minimum Gasteiger partial charge on any atom is -0.359 e. The smallest absolute Gasteiger partial charge is 0.227 e. The Morgan fingerprint density at radius 1 is 1.14 bits per heavy atom. The Balaban J connectivity index is 1.55. The highest BCUT2D eigenvalue weighted by Gasteiger charge is 2.44. The molecule has 2 fully saturated rings. The van der Waals surface area contributed by atoms with E-state index < -0.39 is 0 Å². The number of nitrogens with one attached hydrogen (secondary N) is 1. The van der Waals surface area contributed by atoms with Crippen molar-refractivity contribution in [2.75, 3.05) is 26.7 Å². The molecule has 2 aromatic rings. The number of pyridine rings is 1. The predicted octanol–water partition coefficient (Wildman–Crippen LogP) is 4.31. The van der Waals surface area contributed by atoms with E-state index in [1.165, 1.54) is 48.8 Å². The molecule has 0 radical (unpaired) electrons. The van der Waals surface area contributed by atoms with Gasteiger partial charge in [0.05, 0.1) is 5.41 Å². The zero-order chi connectivity index (χ0) is 20.1. The van der Waals surface area contributed by atoms with Crippen LogP contribution in [0.3, 0.4) is 0 Å². The highest BCUT2D eigenvalue weighted by molar-refractivity contribution is 5.84. The van der Waals surface area contributed by atoms with Crippen LogP contribution in [0.5, 0.6) is 0 Å². The molecule has 4 nitrogen and oxygen atoms in total. The van der Waals surface area contributed by atoms with Gasteiger partial charge in [0.25, 0.3) is 0 Å². The molecule has 154 valence electrons. The summed E-state index contributed by atoms with van der Waals surface area (Å²) in [4.78, 5) is 19.8. The lowest BCUT2D eigenvalue weighted by Gasteiger charge is -2.31. The van der Waals surface area contributed by atoms with Crippen molar-refractivity contribution < 1.29 is 4.79 Å². The maximum atomic E-state index is 13.1. The summed E-state index contributed by atoms with van der Waals surface area (Å²) in [7, 11) is 1.78. The van der Waals surface area contributed by atoms with Crippen molar-refractivity contribution in [1.29, 1.82) is 0 Å². The van der Waals surface area contributed by atoms with E-state index in [-0.39, 0.29) is 11.3 Å². The molecule has 1 N–H and O–H groups in total. The van der Waals surface area contributed by atoms with Gasteiger partial charge in [-0.2, -0.15) is 0 Å². The van der Waals surface area contributed by atoms with Crippen molar-refractivity contribution >= 4 is 5.91 Å². The van der Waals surface area contributed by atoms with E-state index in [1.807, 2.05) is 12.4 Å². The number of hydrogen-bond acceptors (Lipinski definition) is 3. The van der Waals surface area contributed by atoms with Gasteiger partial charge in [0.15, 0.2) is 0 Å². The monoisotopic (exact) mass is 391 g/mol. The van der Waals surface area contributed by atoms with Crippen LogP contribution in [0.2, 0.25) is 0 Å². The highest BCUT2D eigenvalue weighted by atomic mass is 16.2. The molecule has 1 saturated heterocycles. The van der Waals surface area contributed by atoms with E-state index in [2.05, 4.69) is 51.6 Å². The largest absolute Gasteiger partial charge is 0.359 e. The summed E-state index contributed by atoms with van der Waals surface area (Å²) in [6.45, 7) is 3.06. The van der Waals surface area contributed by atoms with Gasteiger partial charge in [-0.1, -0.05) is 43.5 Å². The molecule has 1 aliphatic carbocycles. The second-order valence-electron chi connectivity index (χ2n) is 8.92. The summed E-state index contributed by atoms with van der Waals surface area (Å²) in [5.74, 6) is 1.00. The van der Waals surface area contributed by atoms with Gasteiger partial charge in [0.2, 0.25) is 5.91 Å². The van der Waals surface area contributed by atoms with E-state index >= 15 is 0 Å². The number of rotatable bonds is 6. The second-order valence-corrected chi connectivity index (χ2v) is 8.92. The topological polar surface area (TPSA) is 45.2 Å². The molecular formula is C25H33N3O. The van der Waals surface area contributed by atoms with Crippen molar-refractivity contribution in [3.8, 4) is 11.1 Å². The molecule has 0 unspecified atom stereocenters. The Bertz CT molecular complexity index is 816. The van der Waals surface area contributed by atoms with Gasteiger partial charge in [-0.3, -0.25) is 9.78 Å². The quantitative estimate of drug-likeness (QED) is 0.798. The minimum atomic E-state index is -0.341. The van der Waals surface area contributed by atoms with E-state index in [9.17, 15) is 4.79 Å². The Hall–Kier alpha value is -2.20. The maximum Gasteiger partial charge on any atom is 0.227 e. The molecule has 1 amide bonds. The van der Waals surface area contributed by atoms with Gasteiger partial charge in [-0.25, -0.2) is 0 Å². The molecule has 1 saturated carbocycles. The normalized spacial score (nSPS) is 23.2. The predicted molar refractivity (Wildman–Crippen MR) is 118 cm³/mol. The summed E-state index contributed by atoms with van der Waals surface area (Å²) in [5.41, 5.74) is 3.29. The third kappa shape index (κ3) is 4.53. The molecule has 1 aliphatic heterocycles. The number of hydrogen-bond donors (Lipinski definition) is 1. The number of carbonyl (C=O) groups is 1. The molecule has 4 heteroatoms. The van der Waals surface area contributed by atoms with Gasteiger partial charge in [0.1, 0.15) is 0 Å². The van der Waals surface area contributed by atoms with Crippen molar-refractivity contribution in [1.82, 2.24) is 15.2 Å². The van der Waals surface area contributed by atoms with Crippen LogP contribution in [0.15, 0.2) is 48.8 Å². The molecule has 1 aromatic carbocycles. The van der Waals surface area contributed by atoms with Crippen LogP contribution >= 0.6 is 0 Å². The Morgan fingerprint density at radius 3 is 2.66 bits per heavy atom. The first-order valence-electron chi connectivity index (χ1n) is 11.1. The SMILES string of the molecule is CNC(=O)[C@]1(Cc2ccccc2-c2ccncc2)CCN(CC2CCCCC2)C1. The average molecular weight is 392 g/mol. The third-order valence-corrected chi connectivity index (χ3v) is 6.92. The summed E-state index contributed by atoms with van der Waals surface area (Å²) in [6.07, 6.45) is 12.2. The van der Waals surface area contributed by atoms with Gasteiger partial charge < -0.3 is 10.2 Å². The average Bonchev–Trinajstić information content (AvgIpc) is 3.18. The maximum absolute atomic E-state index is 13.1. The fourth-order valence-corrected chi connectivity index (χ4v) is 5.38. The van der Waals surface area contributed by atoms with Crippen LogP contribution in [0.25, 0.3) is 11.1 Å². The number of aromatic nitrogens is 1. The highest BCUT2D eigenvalue weighted by Crippen LogP contribution is 2.38. The Morgan fingerprint density at radius 2 is 1.90 bits per heavy atom. The molecule has 0 spiro atoms. The molecule has 2 aliphatic rings. The number of benzene rings is 1. The van der Waals surface area contributed by atoms with Crippen molar-refractivity contribution in [2.24, 2.45) is 11.3 Å². The van der Waals surface area contributed by atoms with Crippen LogP contribution < -0.4 is 5.32 Å². The van der Waals surface area contributed by atoms with Gasteiger partial charge in [-0.15, -0.1) is 0 Å². The lowest BCUT2D eigenvalue weighted by Crippen LogP contribution is -2.43. The van der Waals surface area contributed by atoms with Crippen LogP contribution in [0, 0.1) is 11.3 Å². The summed E-state index contributed by atoms with van der Waals surface area (Å²) < 4.78 is 0. The third-order valence-electron chi connectivity index (χ3n) is 6.92. The lowest BCUT2D eigenvalue weighted by molar-refractivity contribution is -0.130. The fraction of sp³-hybridized carbons (Fsp3) is 0.520. The van der Waals surface area contributed by atoms with Gasteiger partial charge in [0, 0.05) is 32.5 Å². The molecule has 2 heterocycles. The fourth-order valence-electron chi connectivity index (χ4n) is 5.38. The first-order valence-corrected chi connectivity index (χ1v) is 11.1. The van der Waals surface area contributed by atoms with E-state index in [4.69, 9.17) is 0 Å². The van der Waals surface area contributed by atoms with E-state index in [0.29, 0.717) is 0 Å². The summed E-state index contributed by atoms with van der Waals surface area (Å²) >= 11 is 0. The van der Waals surface area contributed by atoms with E-state index in [0.717, 1.165) is 38.4 Å². The Kier molecular flexibility index (Phi) is 6.29. The number of likely N-dealkylation sites (tertiary alicyclic amines) is 1. The molecule has 1 atom stereocenters. The first kappa shape index (κ1) is 20.1. The first-order chi connectivity index (χ1) is 14.2. The number of carbonyl (C=O) groups excluding carboxylic acids is 1. The number of amides is 1. The zero-order valence-corrected chi connectivity index (χ0v) is 17.6. The summed E-state index contributed by atoms with van der Waals surface area (Å²) in [5, 5.41) is 2.98. The molecule has 0 bridgehead atoms. The van der Waals surface area contributed by atoms with Crippen LogP contribution in [0.1, 0.15) is 44.1 Å². The standard InChI is InChI=1S/C25H33N3O/c1-26-24(29)25(13-16-28(19-25)18-20-7-3-2-4-8-20)17-22-9-5-6-10-23(22)21-11-14-27-15-12-21/h5-6,9-12,14-15,20H,2-4,7-8,13,16-19H2,1H3,(H,26,29)/t25-/m0/s1. The van der Waals surface area contributed by atoms with Gasteiger partial charge >= 0.3 is 0 Å². The second kappa shape index (κ2) is 9.08. The van der Waals surface area contributed by atoms with Gasteiger partial charge in [-0.05, 0) is 67.0 Å². The zero-order valence-electron chi connectivity index (χ0n) is 17.6. The minimum absolute atomic E-state index is 0.188. The van der Waals surface area contributed by atoms with Crippen molar-refractivity contribution in [3.05, 3.63) is 54.4 Å². The number of nitrogens with zero attached hydrogens (tertiary/aromatic N) is 2. The molecule has 1 aromatic heterocycles. The lowest BCUT2D eigenvalue weighted by atomic mass is 9.78. The molecular weight excluding hydrogens is 358 g/mol. The molecule has 4 rings (SSSR count). The van der Waals surface area contributed by atoms with E-state index in [1.54, 1.807) is 7.05 Å². The molecule has 29 heavy (non-hydrogen) atoms. The van der Waals surface area contributed by atoms with Crippen LogP contribution in [0.4, 0.5) is 0 Å². The van der Waals surface area contributed by atoms with Crippen LogP contribution in [-0.2, 0) is 11.2 Å². The Labute approximate surface area is 174 Å². The van der Waals surface area contributed by atoms with Crippen molar-refractivity contribution in [3.63, 3.8) is 0 Å². The van der Waals surface area contributed by atoms with Crippen LogP contribution in [-0.4, -0.2) is 42.5 Å².